The average Bonchev–Trinajstić information content (AvgIpc) is 2.71. The predicted molar refractivity (Wildman–Crippen MR) is 96.8 cm³/mol. The van der Waals surface area contributed by atoms with Gasteiger partial charge in [0, 0.05) is 25.4 Å². The van der Waals surface area contributed by atoms with Crippen molar-refractivity contribution in [2.45, 2.75) is 18.4 Å². The molecule has 1 amide bonds. The topological polar surface area (TPSA) is 78.7 Å². The van der Waals surface area contributed by atoms with Gasteiger partial charge in [0.05, 0.1) is 6.07 Å². The fraction of sp³-hybridized carbons (Fsp3) is 0.143. The van der Waals surface area contributed by atoms with Gasteiger partial charge in [-0.15, -0.1) is 0 Å². The van der Waals surface area contributed by atoms with Crippen LogP contribution in [-0.4, -0.2) is 15.9 Å². The first-order valence-electron chi connectivity index (χ1n) is 8.35. The quantitative estimate of drug-likeness (QED) is 0.795. The molecule has 2 aromatic carbocycles. The van der Waals surface area contributed by atoms with Gasteiger partial charge in [-0.05, 0) is 33.9 Å². The minimum atomic E-state index is -1.29. The van der Waals surface area contributed by atoms with Crippen molar-refractivity contribution in [1.82, 2.24) is 15.3 Å². The Morgan fingerprint density at radius 2 is 1.85 bits per heavy atom. The first kappa shape index (κ1) is 16.0. The van der Waals surface area contributed by atoms with Crippen LogP contribution in [0.5, 0.6) is 0 Å². The van der Waals surface area contributed by atoms with Crippen molar-refractivity contribution in [3.05, 3.63) is 83.9 Å². The van der Waals surface area contributed by atoms with Crippen LogP contribution < -0.4 is 5.32 Å². The van der Waals surface area contributed by atoms with Crippen molar-refractivity contribution in [1.29, 1.82) is 5.26 Å². The van der Waals surface area contributed by atoms with Gasteiger partial charge in [-0.2, -0.15) is 5.26 Å². The summed E-state index contributed by atoms with van der Waals surface area (Å²) >= 11 is 0. The molecule has 0 fully saturated rings. The van der Waals surface area contributed by atoms with E-state index in [4.69, 9.17) is 0 Å². The Hall–Kier alpha value is -3.52. The van der Waals surface area contributed by atoms with Crippen LogP contribution in [0, 0.1) is 11.3 Å². The lowest BCUT2D eigenvalue weighted by molar-refractivity contribution is -0.125. The zero-order valence-electron chi connectivity index (χ0n) is 14.0. The van der Waals surface area contributed by atoms with Crippen molar-refractivity contribution in [2.24, 2.45) is 0 Å². The molecule has 0 saturated carbocycles. The van der Waals surface area contributed by atoms with Gasteiger partial charge in [0.25, 0.3) is 0 Å². The molecule has 26 heavy (non-hydrogen) atoms. The summed E-state index contributed by atoms with van der Waals surface area (Å²) in [7, 11) is 0. The van der Waals surface area contributed by atoms with Gasteiger partial charge in [-0.1, -0.05) is 42.5 Å². The van der Waals surface area contributed by atoms with Gasteiger partial charge in [-0.25, -0.2) is 9.97 Å². The van der Waals surface area contributed by atoms with E-state index in [1.54, 1.807) is 12.4 Å². The second kappa shape index (κ2) is 6.41. The molecule has 0 aliphatic carbocycles. The maximum absolute atomic E-state index is 12.8. The Bertz CT molecular complexity index is 996. The molecule has 1 unspecified atom stereocenters. The lowest BCUT2D eigenvalue weighted by Crippen LogP contribution is -2.49. The van der Waals surface area contributed by atoms with Crippen LogP contribution in [0.4, 0.5) is 0 Å². The van der Waals surface area contributed by atoms with Crippen molar-refractivity contribution in [3.63, 3.8) is 0 Å². The van der Waals surface area contributed by atoms with Crippen LogP contribution in [0.25, 0.3) is 11.1 Å². The number of benzene rings is 2. The fourth-order valence-corrected chi connectivity index (χ4v) is 3.44. The molecule has 4 rings (SSSR count). The summed E-state index contributed by atoms with van der Waals surface area (Å²) in [6.45, 7) is 0.429. The molecule has 0 spiro atoms. The number of hydrogen-bond donors (Lipinski definition) is 1. The third-order valence-electron chi connectivity index (χ3n) is 4.78. The summed E-state index contributed by atoms with van der Waals surface area (Å²) < 4.78 is 0. The van der Waals surface area contributed by atoms with E-state index in [-0.39, 0.29) is 12.3 Å². The molecule has 5 nitrogen and oxygen atoms in total. The molecule has 3 aromatic rings. The van der Waals surface area contributed by atoms with E-state index in [1.165, 1.54) is 6.33 Å². The molecular formula is C21H16N4O. The van der Waals surface area contributed by atoms with Crippen molar-refractivity contribution < 1.29 is 4.79 Å². The number of amides is 1. The number of carbonyl (C=O) groups is 1. The third kappa shape index (κ3) is 2.62. The number of aromatic nitrogens is 2. The van der Waals surface area contributed by atoms with Gasteiger partial charge >= 0.3 is 0 Å². The van der Waals surface area contributed by atoms with Gasteiger partial charge in [0.15, 0.2) is 5.41 Å². The summed E-state index contributed by atoms with van der Waals surface area (Å²) in [6, 6.07) is 18.2. The minimum absolute atomic E-state index is 0.238. The number of rotatable bonds is 3. The second-order valence-corrected chi connectivity index (χ2v) is 6.36. The molecule has 126 valence electrons. The van der Waals surface area contributed by atoms with E-state index >= 15 is 0 Å². The van der Waals surface area contributed by atoms with Crippen LogP contribution in [0.2, 0.25) is 0 Å². The summed E-state index contributed by atoms with van der Waals surface area (Å²) in [5.74, 6) is -0.276. The van der Waals surface area contributed by atoms with E-state index < -0.39 is 5.41 Å². The molecule has 0 bridgehead atoms. The zero-order valence-corrected chi connectivity index (χ0v) is 14.0. The maximum atomic E-state index is 12.8. The number of nitrogens with zero attached hydrogens (tertiary/aromatic N) is 3. The van der Waals surface area contributed by atoms with Crippen molar-refractivity contribution in [3.8, 4) is 17.2 Å². The van der Waals surface area contributed by atoms with Gasteiger partial charge in [0.1, 0.15) is 6.33 Å². The summed E-state index contributed by atoms with van der Waals surface area (Å²) in [6.07, 6.45) is 4.97. The summed E-state index contributed by atoms with van der Waals surface area (Å²) in [5, 5.41) is 12.9. The highest BCUT2D eigenvalue weighted by molar-refractivity contribution is 5.94. The van der Waals surface area contributed by atoms with Gasteiger partial charge in [-0.3, -0.25) is 4.79 Å². The molecule has 2 heterocycles. The highest BCUT2D eigenvalue weighted by Gasteiger charge is 2.45. The molecule has 5 heteroatoms. The number of nitrogens with one attached hydrogen (secondary N) is 1. The Morgan fingerprint density at radius 1 is 1.08 bits per heavy atom. The SMILES string of the molecule is N#CC1(Cc2cncnc2)C(=O)NCc2ccc(-c3ccccc3)cc21. The van der Waals surface area contributed by atoms with Crippen molar-refractivity contribution >= 4 is 5.91 Å². The van der Waals surface area contributed by atoms with Crippen molar-refractivity contribution in [2.75, 3.05) is 0 Å². The first-order valence-corrected chi connectivity index (χ1v) is 8.35. The van der Waals surface area contributed by atoms with E-state index in [0.717, 1.165) is 27.8 Å². The Morgan fingerprint density at radius 3 is 2.58 bits per heavy atom. The standard InChI is InChI=1S/C21H16N4O/c22-13-21(9-15-10-23-14-24-11-15)19-8-17(16-4-2-1-3-5-16)6-7-18(19)12-25-20(21)26/h1-8,10-11,14H,9,12H2,(H,25,26). The van der Waals surface area contributed by atoms with E-state index in [2.05, 4.69) is 21.4 Å². The van der Waals surface area contributed by atoms with Crippen LogP contribution in [0.15, 0.2) is 67.3 Å². The summed E-state index contributed by atoms with van der Waals surface area (Å²) in [5.41, 5.74) is 3.22. The molecule has 0 radical (unpaired) electrons. The van der Waals surface area contributed by atoms with E-state index in [1.807, 2.05) is 48.5 Å². The zero-order chi connectivity index (χ0) is 18.0. The van der Waals surface area contributed by atoms with Gasteiger partial charge in [0.2, 0.25) is 5.91 Å². The molecule has 1 aliphatic heterocycles. The Labute approximate surface area is 151 Å². The van der Waals surface area contributed by atoms with Gasteiger partial charge < -0.3 is 5.32 Å². The molecule has 1 aromatic heterocycles. The van der Waals surface area contributed by atoms with Crippen LogP contribution >= 0.6 is 0 Å². The number of hydrogen-bond acceptors (Lipinski definition) is 4. The highest BCUT2D eigenvalue weighted by atomic mass is 16.2. The van der Waals surface area contributed by atoms with Crippen LogP contribution in [0.3, 0.4) is 0 Å². The summed E-state index contributed by atoms with van der Waals surface area (Å²) in [4.78, 5) is 20.8. The number of fused-ring (bicyclic) bond motifs is 1. The lowest BCUT2D eigenvalue weighted by Gasteiger charge is -2.33. The smallest absolute Gasteiger partial charge is 0.245 e. The number of nitriles is 1. The Kier molecular flexibility index (Phi) is 3.94. The van der Waals surface area contributed by atoms with Crippen LogP contribution in [0.1, 0.15) is 16.7 Å². The molecule has 1 aliphatic rings. The second-order valence-electron chi connectivity index (χ2n) is 6.36. The third-order valence-corrected chi connectivity index (χ3v) is 4.78. The predicted octanol–water partition coefficient (Wildman–Crippen LogP) is 2.78. The minimum Gasteiger partial charge on any atom is -0.350 e. The molecule has 0 saturated heterocycles. The fourth-order valence-electron chi connectivity index (χ4n) is 3.44. The normalized spacial score (nSPS) is 18.5. The molecule has 1 N–H and O–H groups in total. The molecule has 1 atom stereocenters. The Balaban J connectivity index is 1.86. The maximum Gasteiger partial charge on any atom is 0.245 e. The average molecular weight is 340 g/mol. The molecular weight excluding hydrogens is 324 g/mol. The largest absolute Gasteiger partial charge is 0.350 e. The number of carbonyl (C=O) groups excluding carboxylic acids is 1. The van der Waals surface area contributed by atoms with E-state index in [0.29, 0.717) is 6.54 Å². The van der Waals surface area contributed by atoms with Crippen LogP contribution in [-0.2, 0) is 23.2 Å². The first-order chi connectivity index (χ1) is 12.7. The lowest BCUT2D eigenvalue weighted by atomic mass is 9.72. The monoisotopic (exact) mass is 340 g/mol. The van der Waals surface area contributed by atoms with E-state index in [9.17, 15) is 10.1 Å². The highest BCUT2D eigenvalue weighted by Crippen LogP contribution is 2.36.